The minimum absolute atomic E-state index is 0.0279. The van der Waals surface area contributed by atoms with Crippen molar-refractivity contribution < 1.29 is 15.0 Å². The van der Waals surface area contributed by atoms with E-state index < -0.39 is 0 Å². The van der Waals surface area contributed by atoms with Crippen molar-refractivity contribution in [2.24, 2.45) is 0 Å². The Labute approximate surface area is 111 Å². The number of phenolic OH excluding ortho intramolecular Hbond substituents is 1. The van der Waals surface area contributed by atoms with E-state index in [4.69, 9.17) is 5.11 Å². The molecule has 2 rings (SSSR count). The van der Waals surface area contributed by atoms with Gasteiger partial charge in [-0.15, -0.1) is 0 Å². The first-order chi connectivity index (χ1) is 9.11. The molecule has 0 saturated carbocycles. The van der Waals surface area contributed by atoms with Gasteiger partial charge in [0.05, 0.1) is 6.61 Å². The molecule has 0 atom stereocenters. The molecule has 0 aliphatic heterocycles. The Morgan fingerprint density at radius 3 is 2.47 bits per heavy atom. The van der Waals surface area contributed by atoms with Crippen molar-refractivity contribution in [2.75, 3.05) is 5.32 Å². The van der Waals surface area contributed by atoms with E-state index in [0.29, 0.717) is 16.8 Å². The highest BCUT2D eigenvalue weighted by atomic mass is 16.3. The Balaban J connectivity index is 2.18. The zero-order valence-corrected chi connectivity index (χ0v) is 10.6. The number of aromatic hydroxyl groups is 1. The summed E-state index contributed by atoms with van der Waals surface area (Å²) in [6, 6.07) is 11.8. The molecule has 98 valence electrons. The number of rotatable bonds is 3. The summed E-state index contributed by atoms with van der Waals surface area (Å²) in [4.78, 5) is 12.1. The fourth-order valence-corrected chi connectivity index (χ4v) is 1.76. The average Bonchev–Trinajstić information content (AvgIpc) is 2.42. The van der Waals surface area contributed by atoms with E-state index in [9.17, 15) is 9.90 Å². The number of amides is 1. The molecule has 0 saturated heterocycles. The van der Waals surface area contributed by atoms with Crippen LogP contribution in [0.2, 0.25) is 0 Å². The van der Waals surface area contributed by atoms with Crippen molar-refractivity contribution in [1.82, 2.24) is 0 Å². The van der Waals surface area contributed by atoms with E-state index >= 15 is 0 Å². The van der Waals surface area contributed by atoms with Gasteiger partial charge in [0.1, 0.15) is 5.75 Å². The summed E-state index contributed by atoms with van der Waals surface area (Å²) in [6.45, 7) is 1.67. The van der Waals surface area contributed by atoms with Crippen molar-refractivity contribution in [1.29, 1.82) is 0 Å². The molecule has 4 heteroatoms. The molecular formula is C15H15NO3. The number of anilines is 1. The van der Waals surface area contributed by atoms with Gasteiger partial charge in [0.15, 0.2) is 0 Å². The van der Waals surface area contributed by atoms with Gasteiger partial charge in [0.25, 0.3) is 5.91 Å². The van der Waals surface area contributed by atoms with E-state index in [-0.39, 0.29) is 18.3 Å². The molecule has 3 N–H and O–H groups in total. The maximum Gasteiger partial charge on any atom is 0.256 e. The van der Waals surface area contributed by atoms with Gasteiger partial charge in [0, 0.05) is 16.8 Å². The number of aliphatic hydroxyl groups is 1. The van der Waals surface area contributed by atoms with E-state index in [1.165, 1.54) is 0 Å². The van der Waals surface area contributed by atoms with Gasteiger partial charge >= 0.3 is 0 Å². The van der Waals surface area contributed by atoms with Gasteiger partial charge in [0.2, 0.25) is 0 Å². The van der Waals surface area contributed by atoms with Crippen LogP contribution in [0.1, 0.15) is 21.5 Å². The largest absolute Gasteiger partial charge is 0.508 e. The molecule has 19 heavy (non-hydrogen) atoms. The molecule has 0 heterocycles. The third-order valence-corrected chi connectivity index (χ3v) is 2.94. The SMILES string of the molecule is Cc1c(O)cccc1C(=O)Nc1ccc(CO)cc1. The Bertz CT molecular complexity index is 591. The standard InChI is InChI=1S/C15H15NO3/c1-10-13(3-2-4-14(10)18)15(19)16-12-7-5-11(9-17)6-8-12/h2-8,17-18H,9H2,1H3,(H,16,19). The normalized spacial score (nSPS) is 10.2. The number of carbonyl (C=O) groups excluding carboxylic acids is 1. The average molecular weight is 257 g/mol. The summed E-state index contributed by atoms with van der Waals surface area (Å²) in [6.07, 6.45) is 0. The summed E-state index contributed by atoms with van der Waals surface area (Å²) in [5.74, 6) is -0.173. The zero-order chi connectivity index (χ0) is 13.8. The van der Waals surface area contributed by atoms with Crippen molar-refractivity contribution in [3.05, 3.63) is 59.2 Å². The molecular weight excluding hydrogens is 242 g/mol. The maximum atomic E-state index is 12.1. The zero-order valence-electron chi connectivity index (χ0n) is 10.6. The molecule has 1 amide bonds. The van der Waals surface area contributed by atoms with Gasteiger partial charge in [-0.05, 0) is 36.8 Å². The van der Waals surface area contributed by atoms with E-state index in [2.05, 4.69) is 5.32 Å². The van der Waals surface area contributed by atoms with Crippen molar-refractivity contribution in [3.63, 3.8) is 0 Å². The van der Waals surface area contributed by atoms with Crippen molar-refractivity contribution in [3.8, 4) is 5.75 Å². The molecule has 2 aromatic rings. The number of benzene rings is 2. The van der Waals surface area contributed by atoms with E-state index in [0.717, 1.165) is 5.56 Å². The first-order valence-electron chi connectivity index (χ1n) is 5.91. The Hall–Kier alpha value is -2.33. The highest BCUT2D eigenvalue weighted by molar-refractivity contribution is 6.05. The molecule has 0 aliphatic carbocycles. The lowest BCUT2D eigenvalue weighted by atomic mass is 10.1. The van der Waals surface area contributed by atoms with Crippen LogP contribution in [-0.2, 0) is 6.61 Å². The molecule has 4 nitrogen and oxygen atoms in total. The van der Waals surface area contributed by atoms with Crippen LogP contribution in [0.4, 0.5) is 5.69 Å². The molecule has 2 aromatic carbocycles. The first kappa shape index (κ1) is 13.1. The van der Waals surface area contributed by atoms with Crippen LogP contribution in [0.15, 0.2) is 42.5 Å². The van der Waals surface area contributed by atoms with Gasteiger partial charge < -0.3 is 15.5 Å². The third-order valence-electron chi connectivity index (χ3n) is 2.94. The lowest BCUT2D eigenvalue weighted by Crippen LogP contribution is -2.13. The van der Waals surface area contributed by atoms with E-state index in [1.54, 1.807) is 49.4 Å². The summed E-state index contributed by atoms with van der Waals surface area (Å²) in [7, 11) is 0. The van der Waals surface area contributed by atoms with Crippen LogP contribution >= 0.6 is 0 Å². The van der Waals surface area contributed by atoms with Gasteiger partial charge in [-0.2, -0.15) is 0 Å². The van der Waals surface area contributed by atoms with Crippen LogP contribution in [0.5, 0.6) is 5.75 Å². The predicted molar refractivity (Wildman–Crippen MR) is 73.2 cm³/mol. The number of carbonyl (C=O) groups is 1. The quantitative estimate of drug-likeness (QED) is 0.791. The number of phenols is 1. The van der Waals surface area contributed by atoms with Crippen molar-refractivity contribution >= 4 is 11.6 Å². The molecule has 0 bridgehead atoms. The summed E-state index contributed by atoms with van der Waals surface area (Å²) >= 11 is 0. The Kier molecular flexibility index (Phi) is 3.82. The molecule has 0 unspecified atom stereocenters. The fraction of sp³-hybridized carbons (Fsp3) is 0.133. The smallest absolute Gasteiger partial charge is 0.256 e. The highest BCUT2D eigenvalue weighted by Gasteiger charge is 2.11. The maximum absolute atomic E-state index is 12.1. The van der Waals surface area contributed by atoms with Crippen LogP contribution in [-0.4, -0.2) is 16.1 Å². The molecule has 0 aliphatic rings. The molecule has 0 spiro atoms. The van der Waals surface area contributed by atoms with Crippen LogP contribution < -0.4 is 5.32 Å². The minimum atomic E-state index is -0.273. The predicted octanol–water partition coefficient (Wildman–Crippen LogP) is 2.45. The number of nitrogens with one attached hydrogen (secondary N) is 1. The third kappa shape index (κ3) is 2.92. The second-order valence-electron chi connectivity index (χ2n) is 4.26. The number of hydrogen-bond acceptors (Lipinski definition) is 3. The van der Waals surface area contributed by atoms with Gasteiger partial charge in [-0.1, -0.05) is 18.2 Å². The van der Waals surface area contributed by atoms with Crippen molar-refractivity contribution in [2.45, 2.75) is 13.5 Å². The Morgan fingerprint density at radius 2 is 1.84 bits per heavy atom. The van der Waals surface area contributed by atoms with Crippen LogP contribution in [0, 0.1) is 6.92 Å². The first-order valence-corrected chi connectivity index (χ1v) is 5.91. The molecule has 0 fully saturated rings. The monoisotopic (exact) mass is 257 g/mol. The molecule has 0 radical (unpaired) electrons. The lowest BCUT2D eigenvalue weighted by Gasteiger charge is -2.09. The number of hydrogen-bond donors (Lipinski definition) is 3. The van der Waals surface area contributed by atoms with Gasteiger partial charge in [-0.25, -0.2) is 0 Å². The highest BCUT2D eigenvalue weighted by Crippen LogP contribution is 2.20. The Morgan fingerprint density at radius 1 is 1.16 bits per heavy atom. The van der Waals surface area contributed by atoms with Crippen LogP contribution in [0.25, 0.3) is 0 Å². The minimum Gasteiger partial charge on any atom is -0.508 e. The fourth-order valence-electron chi connectivity index (χ4n) is 1.76. The lowest BCUT2D eigenvalue weighted by molar-refractivity contribution is 0.102. The van der Waals surface area contributed by atoms with Crippen LogP contribution in [0.3, 0.4) is 0 Å². The second kappa shape index (κ2) is 5.54. The summed E-state index contributed by atoms with van der Waals surface area (Å²) < 4.78 is 0. The molecule has 0 aromatic heterocycles. The summed E-state index contributed by atoms with van der Waals surface area (Å²) in [5, 5.41) is 21.3. The van der Waals surface area contributed by atoms with E-state index in [1.807, 2.05) is 0 Å². The topological polar surface area (TPSA) is 69.6 Å². The summed E-state index contributed by atoms with van der Waals surface area (Å²) in [5.41, 5.74) is 2.41. The van der Waals surface area contributed by atoms with Gasteiger partial charge in [-0.3, -0.25) is 4.79 Å². The second-order valence-corrected chi connectivity index (χ2v) is 4.26. The number of aliphatic hydroxyl groups excluding tert-OH is 1.